The molecule has 29 heavy (non-hydrogen) atoms. The predicted octanol–water partition coefficient (Wildman–Crippen LogP) is 4.50. The first-order chi connectivity index (χ1) is 14.0. The fraction of sp³-hybridized carbons (Fsp3) is 0.409. The van der Waals surface area contributed by atoms with E-state index in [4.69, 9.17) is 32.7 Å². The summed E-state index contributed by atoms with van der Waals surface area (Å²) in [5, 5.41) is 0.935. The van der Waals surface area contributed by atoms with E-state index in [1.54, 1.807) is 32.2 Å². The quantitative estimate of drug-likeness (QED) is 0.667. The Labute approximate surface area is 182 Å². The number of ether oxygens (including phenoxy) is 2. The predicted molar refractivity (Wildman–Crippen MR) is 116 cm³/mol. The molecule has 2 aromatic rings. The number of amides is 1. The second-order valence-corrected chi connectivity index (χ2v) is 7.98. The second-order valence-electron chi connectivity index (χ2n) is 7.14. The standard InChI is InChI=1S/C22H26Cl2N2O3/c1-16(29-21-9-6-18(23)14-20(21)24)22(27)26-11-3-10-25(12-13-26)15-17-4-7-19(28-2)8-5-17/h4-9,14,16H,3,10-13,15H2,1-2H3/t16-/m0/s1. The van der Waals surface area contributed by atoms with Crippen LogP contribution in [0.25, 0.3) is 0 Å². The third kappa shape index (κ3) is 6.01. The first-order valence-electron chi connectivity index (χ1n) is 9.72. The average molecular weight is 437 g/mol. The Kier molecular flexibility index (Phi) is 7.64. The van der Waals surface area contributed by atoms with Crippen molar-refractivity contribution in [3.05, 3.63) is 58.1 Å². The van der Waals surface area contributed by atoms with Gasteiger partial charge in [0.1, 0.15) is 11.5 Å². The van der Waals surface area contributed by atoms with Gasteiger partial charge in [0, 0.05) is 37.7 Å². The summed E-state index contributed by atoms with van der Waals surface area (Å²) in [7, 11) is 1.67. The Morgan fingerprint density at radius 1 is 1.07 bits per heavy atom. The molecule has 0 radical (unpaired) electrons. The maximum Gasteiger partial charge on any atom is 0.263 e. The SMILES string of the molecule is COc1ccc(CN2CCCN(C(=O)[C@H](C)Oc3ccc(Cl)cc3Cl)CC2)cc1. The molecule has 1 amide bonds. The maximum atomic E-state index is 12.9. The zero-order chi connectivity index (χ0) is 20.8. The largest absolute Gasteiger partial charge is 0.497 e. The Bertz CT molecular complexity index is 829. The summed E-state index contributed by atoms with van der Waals surface area (Å²) in [6, 6.07) is 13.1. The summed E-state index contributed by atoms with van der Waals surface area (Å²) < 4.78 is 11.0. The highest BCUT2D eigenvalue weighted by Crippen LogP contribution is 2.28. The molecule has 0 saturated carbocycles. The summed E-state index contributed by atoms with van der Waals surface area (Å²) >= 11 is 12.1. The fourth-order valence-corrected chi connectivity index (χ4v) is 3.86. The Morgan fingerprint density at radius 3 is 2.52 bits per heavy atom. The number of hydrogen-bond acceptors (Lipinski definition) is 4. The first-order valence-corrected chi connectivity index (χ1v) is 10.5. The van der Waals surface area contributed by atoms with Crippen molar-refractivity contribution < 1.29 is 14.3 Å². The highest BCUT2D eigenvalue weighted by Gasteiger charge is 2.25. The molecular formula is C22H26Cl2N2O3. The lowest BCUT2D eigenvalue weighted by atomic mass is 10.2. The summed E-state index contributed by atoms with van der Waals surface area (Å²) in [6.45, 7) is 5.79. The minimum atomic E-state index is -0.609. The lowest BCUT2D eigenvalue weighted by molar-refractivity contribution is -0.137. The van der Waals surface area contributed by atoms with Gasteiger partial charge >= 0.3 is 0 Å². The number of methoxy groups -OCH3 is 1. The third-order valence-electron chi connectivity index (χ3n) is 5.01. The van der Waals surface area contributed by atoms with E-state index in [2.05, 4.69) is 17.0 Å². The molecule has 1 fully saturated rings. The van der Waals surface area contributed by atoms with E-state index in [1.807, 2.05) is 17.0 Å². The van der Waals surface area contributed by atoms with Gasteiger partial charge in [-0.05, 0) is 49.2 Å². The molecule has 0 spiro atoms. The first kappa shape index (κ1) is 21.8. The van der Waals surface area contributed by atoms with Gasteiger partial charge in [0.05, 0.1) is 12.1 Å². The molecule has 5 nitrogen and oxygen atoms in total. The van der Waals surface area contributed by atoms with Crippen LogP contribution in [0, 0.1) is 0 Å². The van der Waals surface area contributed by atoms with E-state index in [0.29, 0.717) is 22.3 Å². The van der Waals surface area contributed by atoms with Crippen molar-refractivity contribution >= 4 is 29.1 Å². The minimum Gasteiger partial charge on any atom is -0.497 e. The van der Waals surface area contributed by atoms with Crippen molar-refractivity contribution in [1.29, 1.82) is 0 Å². The van der Waals surface area contributed by atoms with Crippen molar-refractivity contribution in [3.63, 3.8) is 0 Å². The van der Waals surface area contributed by atoms with Crippen LogP contribution >= 0.6 is 23.2 Å². The number of carbonyl (C=O) groups is 1. The van der Waals surface area contributed by atoms with Crippen molar-refractivity contribution in [3.8, 4) is 11.5 Å². The smallest absolute Gasteiger partial charge is 0.263 e. The van der Waals surface area contributed by atoms with Gasteiger partial charge in [-0.3, -0.25) is 9.69 Å². The Hall–Kier alpha value is -1.95. The van der Waals surface area contributed by atoms with Crippen LogP contribution in [0.1, 0.15) is 18.9 Å². The van der Waals surface area contributed by atoms with Gasteiger partial charge in [0.25, 0.3) is 5.91 Å². The van der Waals surface area contributed by atoms with Crippen LogP contribution in [0.5, 0.6) is 11.5 Å². The van der Waals surface area contributed by atoms with Gasteiger partial charge in [-0.2, -0.15) is 0 Å². The molecule has 0 aromatic heterocycles. The number of nitrogens with zero attached hydrogens (tertiary/aromatic N) is 2. The van der Waals surface area contributed by atoms with Gasteiger partial charge < -0.3 is 14.4 Å². The van der Waals surface area contributed by atoms with Crippen LogP contribution in [-0.4, -0.2) is 55.1 Å². The monoisotopic (exact) mass is 436 g/mol. The molecular weight excluding hydrogens is 411 g/mol. The van der Waals surface area contributed by atoms with Gasteiger partial charge in [-0.15, -0.1) is 0 Å². The average Bonchev–Trinajstić information content (AvgIpc) is 2.95. The zero-order valence-electron chi connectivity index (χ0n) is 16.7. The molecule has 1 heterocycles. The van der Waals surface area contributed by atoms with Gasteiger partial charge in [0.15, 0.2) is 6.10 Å². The van der Waals surface area contributed by atoms with E-state index in [0.717, 1.165) is 38.3 Å². The zero-order valence-corrected chi connectivity index (χ0v) is 18.2. The number of hydrogen-bond donors (Lipinski definition) is 0. The molecule has 1 saturated heterocycles. The Balaban J connectivity index is 1.54. The molecule has 7 heteroatoms. The van der Waals surface area contributed by atoms with Crippen LogP contribution in [-0.2, 0) is 11.3 Å². The Morgan fingerprint density at radius 2 is 1.83 bits per heavy atom. The lowest BCUT2D eigenvalue weighted by Crippen LogP contribution is -2.42. The minimum absolute atomic E-state index is 0.0256. The summed E-state index contributed by atoms with van der Waals surface area (Å²) in [5.74, 6) is 1.30. The van der Waals surface area contributed by atoms with Gasteiger partial charge in [-0.1, -0.05) is 35.3 Å². The number of rotatable bonds is 6. The molecule has 3 rings (SSSR count). The maximum absolute atomic E-state index is 12.9. The molecule has 0 aliphatic carbocycles. The van der Waals surface area contributed by atoms with E-state index in [1.165, 1.54) is 5.56 Å². The molecule has 1 atom stereocenters. The molecule has 1 aliphatic heterocycles. The van der Waals surface area contributed by atoms with Crippen LogP contribution < -0.4 is 9.47 Å². The number of halogens is 2. The third-order valence-corrected chi connectivity index (χ3v) is 5.54. The lowest BCUT2D eigenvalue weighted by Gasteiger charge is -2.25. The summed E-state index contributed by atoms with van der Waals surface area (Å²) in [6.07, 6.45) is 0.317. The molecule has 0 unspecified atom stereocenters. The molecule has 156 valence electrons. The van der Waals surface area contributed by atoms with E-state index >= 15 is 0 Å². The van der Waals surface area contributed by atoms with Crippen molar-refractivity contribution in [2.45, 2.75) is 26.0 Å². The van der Waals surface area contributed by atoms with Crippen LogP contribution in [0.2, 0.25) is 10.0 Å². The summed E-state index contributed by atoms with van der Waals surface area (Å²) in [4.78, 5) is 17.1. The van der Waals surface area contributed by atoms with Crippen LogP contribution in [0.15, 0.2) is 42.5 Å². The van der Waals surface area contributed by atoms with Crippen LogP contribution in [0.3, 0.4) is 0 Å². The van der Waals surface area contributed by atoms with E-state index in [9.17, 15) is 4.79 Å². The van der Waals surface area contributed by atoms with Crippen LogP contribution in [0.4, 0.5) is 0 Å². The number of carbonyl (C=O) groups excluding carboxylic acids is 1. The van der Waals surface area contributed by atoms with Crippen molar-refractivity contribution in [1.82, 2.24) is 9.80 Å². The molecule has 1 aliphatic rings. The van der Waals surface area contributed by atoms with Crippen molar-refractivity contribution in [2.24, 2.45) is 0 Å². The second kappa shape index (κ2) is 10.2. The molecule has 2 aromatic carbocycles. The summed E-state index contributed by atoms with van der Waals surface area (Å²) in [5.41, 5.74) is 1.24. The highest BCUT2D eigenvalue weighted by atomic mass is 35.5. The molecule has 0 bridgehead atoms. The number of benzene rings is 2. The highest BCUT2D eigenvalue weighted by molar-refractivity contribution is 6.35. The van der Waals surface area contributed by atoms with Crippen molar-refractivity contribution in [2.75, 3.05) is 33.3 Å². The van der Waals surface area contributed by atoms with Gasteiger partial charge in [0.2, 0.25) is 0 Å². The van der Waals surface area contributed by atoms with E-state index < -0.39 is 6.10 Å². The van der Waals surface area contributed by atoms with Gasteiger partial charge in [-0.25, -0.2) is 0 Å². The topological polar surface area (TPSA) is 42.0 Å². The molecule has 0 N–H and O–H groups in total. The van der Waals surface area contributed by atoms with E-state index in [-0.39, 0.29) is 5.91 Å². The fourth-order valence-electron chi connectivity index (χ4n) is 3.41. The normalized spacial score (nSPS) is 16.2.